The fourth-order valence-corrected chi connectivity index (χ4v) is 4.26. The number of amides is 1. The van der Waals surface area contributed by atoms with Crippen molar-refractivity contribution in [3.8, 4) is 28.3 Å². The second-order valence-corrected chi connectivity index (χ2v) is 8.81. The van der Waals surface area contributed by atoms with E-state index in [1.807, 2.05) is 30.3 Å². The molecule has 0 bridgehead atoms. The largest absolute Gasteiger partial charge is 0.462 e. The summed E-state index contributed by atoms with van der Waals surface area (Å²) in [6.07, 6.45) is 1.44. The number of aryl methyl sites for hydroxylation is 1. The van der Waals surface area contributed by atoms with Gasteiger partial charge in [-0.25, -0.2) is 10.2 Å². The van der Waals surface area contributed by atoms with Crippen LogP contribution in [0.1, 0.15) is 39.1 Å². The van der Waals surface area contributed by atoms with Crippen molar-refractivity contribution in [2.45, 2.75) is 13.8 Å². The van der Waals surface area contributed by atoms with E-state index in [1.165, 1.54) is 6.21 Å². The minimum atomic E-state index is -0.363. The number of hydrazone groups is 1. The third-order valence-electron chi connectivity index (χ3n) is 6.20. The number of ether oxygens (including phenoxy) is 1. The van der Waals surface area contributed by atoms with E-state index in [4.69, 9.17) is 9.15 Å². The molecule has 7 nitrogen and oxygen atoms in total. The van der Waals surface area contributed by atoms with Crippen LogP contribution in [0.3, 0.4) is 0 Å². The number of furan rings is 1. The molecule has 2 heterocycles. The monoisotopic (exact) mass is 517 g/mol. The van der Waals surface area contributed by atoms with E-state index in [0.717, 1.165) is 28.2 Å². The fourth-order valence-electron chi connectivity index (χ4n) is 4.26. The molecular weight excluding hydrogens is 490 g/mol. The number of nitrogens with one attached hydrogen (secondary N) is 1. The molecule has 5 aromatic rings. The minimum Gasteiger partial charge on any atom is -0.462 e. The van der Waals surface area contributed by atoms with Gasteiger partial charge in [0.1, 0.15) is 11.5 Å². The van der Waals surface area contributed by atoms with Crippen LogP contribution in [0.5, 0.6) is 0 Å². The first kappa shape index (κ1) is 25.5. The molecule has 0 radical (unpaired) electrons. The summed E-state index contributed by atoms with van der Waals surface area (Å²) in [4.78, 5) is 24.5. The normalized spacial score (nSPS) is 11.0. The molecule has 0 saturated heterocycles. The number of nitrogens with zero attached hydrogens (tertiary/aromatic N) is 2. The third kappa shape index (κ3) is 5.72. The SMILES string of the molecule is CCOC(=O)c1ccc(-c2ccc(/C=N/NC(=O)c3ccc(-n4c(C)ccc4-c4ccccc4)cc3)o2)cc1. The first-order valence-corrected chi connectivity index (χ1v) is 12.6. The summed E-state index contributed by atoms with van der Waals surface area (Å²) in [6, 6.07) is 32.3. The number of benzene rings is 3. The highest BCUT2D eigenvalue weighted by atomic mass is 16.5. The Balaban J connectivity index is 1.22. The Morgan fingerprint density at radius 1 is 0.846 bits per heavy atom. The van der Waals surface area contributed by atoms with E-state index in [1.54, 1.807) is 55.5 Å². The van der Waals surface area contributed by atoms with E-state index < -0.39 is 0 Å². The predicted molar refractivity (Wildman–Crippen MR) is 151 cm³/mol. The fraction of sp³-hybridized carbons (Fsp3) is 0.0938. The number of aromatic nitrogens is 1. The van der Waals surface area contributed by atoms with Gasteiger partial charge in [0.05, 0.1) is 24.1 Å². The van der Waals surface area contributed by atoms with Crippen LogP contribution in [0.15, 0.2) is 113 Å². The molecule has 0 unspecified atom stereocenters. The average Bonchev–Trinajstić information content (AvgIpc) is 3.60. The molecule has 2 aromatic heterocycles. The zero-order valence-corrected chi connectivity index (χ0v) is 21.6. The highest BCUT2D eigenvalue weighted by Gasteiger charge is 2.11. The summed E-state index contributed by atoms with van der Waals surface area (Å²) in [5.41, 5.74) is 8.59. The van der Waals surface area contributed by atoms with Gasteiger partial charge in [-0.1, -0.05) is 42.5 Å². The predicted octanol–water partition coefficient (Wildman–Crippen LogP) is 6.65. The summed E-state index contributed by atoms with van der Waals surface area (Å²) in [5.74, 6) is 0.403. The Bertz CT molecular complexity index is 1610. The number of carbonyl (C=O) groups is 2. The summed E-state index contributed by atoms with van der Waals surface area (Å²) < 4.78 is 13.0. The van der Waals surface area contributed by atoms with Gasteiger partial charge in [0.25, 0.3) is 5.91 Å². The van der Waals surface area contributed by atoms with E-state index >= 15 is 0 Å². The molecule has 5 rings (SSSR count). The van der Waals surface area contributed by atoms with Crippen molar-refractivity contribution in [3.63, 3.8) is 0 Å². The number of esters is 1. The van der Waals surface area contributed by atoms with Crippen LogP contribution < -0.4 is 5.43 Å². The van der Waals surface area contributed by atoms with Crippen LogP contribution >= 0.6 is 0 Å². The maximum atomic E-state index is 12.6. The molecule has 194 valence electrons. The van der Waals surface area contributed by atoms with Crippen LogP contribution in [0, 0.1) is 6.92 Å². The molecule has 3 aromatic carbocycles. The van der Waals surface area contributed by atoms with Crippen LogP contribution in [0.4, 0.5) is 0 Å². The maximum absolute atomic E-state index is 12.6. The first-order chi connectivity index (χ1) is 19.0. The van der Waals surface area contributed by atoms with Crippen molar-refractivity contribution in [1.82, 2.24) is 9.99 Å². The second-order valence-electron chi connectivity index (χ2n) is 8.81. The molecule has 1 amide bonds. The van der Waals surface area contributed by atoms with Gasteiger partial charge in [-0.15, -0.1) is 0 Å². The molecule has 0 aliphatic carbocycles. The van der Waals surface area contributed by atoms with Gasteiger partial charge in [-0.3, -0.25) is 4.79 Å². The molecule has 0 saturated carbocycles. The molecule has 0 atom stereocenters. The Hall–Kier alpha value is -5.17. The first-order valence-electron chi connectivity index (χ1n) is 12.6. The van der Waals surface area contributed by atoms with Gasteiger partial charge in [-0.05, 0) is 80.1 Å². The minimum absolute atomic E-state index is 0.326. The summed E-state index contributed by atoms with van der Waals surface area (Å²) >= 11 is 0. The topological polar surface area (TPSA) is 85.8 Å². The number of hydrogen-bond donors (Lipinski definition) is 1. The highest BCUT2D eigenvalue weighted by molar-refractivity contribution is 5.95. The maximum Gasteiger partial charge on any atom is 0.338 e. The van der Waals surface area contributed by atoms with Gasteiger partial charge < -0.3 is 13.7 Å². The van der Waals surface area contributed by atoms with Gasteiger partial charge in [0.2, 0.25) is 0 Å². The van der Waals surface area contributed by atoms with Crippen molar-refractivity contribution in [1.29, 1.82) is 0 Å². The lowest BCUT2D eigenvalue weighted by Crippen LogP contribution is -2.17. The summed E-state index contributed by atoms with van der Waals surface area (Å²) in [6.45, 7) is 4.15. The Morgan fingerprint density at radius 2 is 1.56 bits per heavy atom. The van der Waals surface area contributed by atoms with Crippen molar-refractivity contribution < 1.29 is 18.7 Å². The molecule has 39 heavy (non-hydrogen) atoms. The third-order valence-corrected chi connectivity index (χ3v) is 6.20. The molecule has 0 aliphatic heterocycles. The van der Waals surface area contributed by atoms with Crippen molar-refractivity contribution in [3.05, 3.63) is 126 Å². The van der Waals surface area contributed by atoms with Crippen molar-refractivity contribution >= 4 is 18.1 Å². The zero-order chi connectivity index (χ0) is 27.2. The zero-order valence-electron chi connectivity index (χ0n) is 21.6. The van der Waals surface area contributed by atoms with Crippen LogP contribution in [0.2, 0.25) is 0 Å². The lowest BCUT2D eigenvalue weighted by molar-refractivity contribution is 0.0526. The molecular formula is C32H27N3O4. The Kier molecular flexibility index (Phi) is 7.50. The smallest absolute Gasteiger partial charge is 0.338 e. The highest BCUT2D eigenvalue weighted by Crippen LogP contribution is 2.26. The molecule has 0 fully saturated rings. The molecule has 1 N–H and O–H groups in total. The summed E-state index contributed by atoms with van der Waals surface area (Å²) in [5, 5.41) is 4.04. The van der Waals surface area contributed by atoms with Gasteiger partial charge in [-0.2, -0.15) is 5.10 Å². The van der Waals surface area contributed by atoms with Crippen molar-refractivity contribution in [2.75, 3.05) is 6.61 Å². The van der Waals surface area contributed by atoms with Crippen LogP contribution in [-0.2, 0) is 4.74 Å². The number of rotatable bonds is 8. The van der Waals surface area contributed by atoms with Gasteiger partial charge in [0, 0.05) is 22.5 Å². The lowest BCUT2D eigenvalue weighted by atomic mass is 10.1. The van der Waals surface area contributed by atoms with Gasteiger partial charge >= 0.3 is 5.97 Å². The Morgan fingerprint density at radius 3 is 2.28 bits per heavy atom. The number of carbonyl (C=O) groups excluding carboxylic acids is 2. The molecule has 7 heteroatoms. The molecule has 0 spiro atoms. The Labute approximate surface area is 226 Å². The standard InChI is InChI=1S/C32H27N3O4/c1-3-38-32(37)26-12-10-24(11-13-26)30-20-18-28(39-30)21-33-34-31(36)25-14-16-27(17-15-25)35-22(2)9-19-29(35)23-7-5-4-6-8-23/h4-21H,3H2,1-2H3,(H,34,36)/b33-21+. The number of hydrogen-bond acceptors (Lipinski definition) is 5. The van der Waals surface area contributed by atoms with Crippen molar-refractivity contribution in [2.24, 2.45) is 5.10 Å². The molecule has 0 aliphatic rings. The van der Waals surface area contributed by atoms with Crippen LogP contribution in [0.25, 0.3) is 28.3 Å². The lowest BCUT2D eigenvalue weighted by Gasteiger charge is -2.12. The van der Waals surface area contributed by atoms with Crippen LogP contribution in [-0.4, -0.2) is 29.3 Å². The second kappa shape index (κ2) is 11.5. The van der Waals surface area contributed by atoms with E-state index in [0.29, 0.717) is 29.3 Å². The van der Waals surface area contributed by atoms with E-state index in [9.17, 15) is 9.59 Å². The quantitative estimate of drug-likeness (QED) is 0.142. The van der Waals surface area contributed by atoms with E-state index in [-0.39, 0.29) is 11.9 Å². The summed E-state index contributed by atoms with van der Waals surface area (Å²) in [7, 11) is 0. The average molecular weight is 518 g/mol. The van der Waals surface area contributed by atoms with E-state index in [2.05, 4.69) is 46.3 Å². The van der Waals surface area contributed by atoms with Gasteiger partial charge in [0.15, 0.2) is 0 Å².